The molecule has 1 aromatic rings. The molecule has 1 aliphatic heterocycles. The summed E-state index contributed by atoms with van der Waals surface area (Å²) in [5.74, 6) is -0.140. The molecule has 1 aromatic carbocycles. The van der Waals surface area contributed by atoms with E-state index in [0.29, 0.717) is 25.4 Å². The predicted molar refractivity (Wildman–Crippen MR) is 132 cm³/mol. The van der Waals surface area contributed by atoms with E-state index in [1.165, 1.54) is 17.9 Å². The van der Waals surface area contributed by atoms with Gasteiger partial charge in [0.1, 0.15) is 12.4 Å². The molecule has 0 unspecified atom stereocenters. The molecule has 2 N–H and O–H groups in total. The van der Waals surface area contributed by atoms with Crippen LogP contribution < -0.4 is 14.8 Å². The van der Waals surface area contributed by atoms with E-state index in [1.54, 1.807) is 31.2 Å². The number of hydrogen-bond acceptors (Lipinski definition) is 6. The van der Waals surface area contributed by atoms with Gasteiger partial charge < -0.3 is 24.6 Å². The number of urea groups is 1. The van der Waals surface area contributed by atoms with Crippen molar-refractivity contribution >= 4 is 27.6 Å². The molecule has 10 nitrogen and oxygen atoms in total. The Labute approximate surface area is 203 Å². The van der Waals surface area contributed by atoms with Gasteiger partial charge in [-0.1, -0.05) is 13.8 Å². The quantitative estimate of drug-likeness (QED) is 0.622. The first-order valence-corrected chi connectivity index (χ1v) is 13.3. The average Bonchev–Trinajstić information content (AvgIpc) is 2.81. The summed E-state index contributed by atoms with van der Waals surface area (Å²) in [7, 11) is -0.261. The van der Waals surface area contributed by atoms with Crippen molar-refractivity contribution in [2.24, 2.45) is 5.92 Å². The summed E-state index contributed by atoms with van der Waals surface area (Å²) < 4.78 is 38.2. The van der Waals surface area contributed by atoms with E-state index in [9.17, 15) is 18.0 Å². The Morgan fingerprint density at radius 3 is 2.56 bits per heavy atom. The molecule has 0 aliphatic carbocycles. The number of ether oxygens (including phenoxy) is 2. The molecule has 2 rings (SSSR count). The first-order chi connectivity index (χ1) is 16.0. The Bertz CT molecular complexity index is 955. The standard InChI is InChI=1S/C23H38N4O6S/c1-7-11-24-23(29)27-13-16(3)21(32-6)14-26(5)22(28)19-12-18(25-34(30,31)8-2)9-10-20(19)33-15-17(27)4/h9-10,12,16-17,21,25H,7-8,11,13-15H2,1-6H3,(H,24,29)/t16-,17+,21-/m1/s1. The maximum Gasteiger partial charge on any atom is 0.317 e. The number of likely N-dealkylation sites (N-methyl/N-ethyl adjacent to an activating group) is 1. The molecule has 0 saturated heterocycles. The Balaban J connectivity index is 2.45. The fourth-order valence-corrected chi connectivity index (χ4v) is 4.34. The topological polar surface area (TPSA) is 117 Å². The van der Waals surface area contributed by atoms with Crippen molar-refractivity contribution < 1.29 is 27.5 Å². The Morgan fingerprint density at radius 2 is 1.94 bits per heavy atom. The second kappa shape index (κ2) is 12.3. The maximum atomic E-state index is 13.3. The van der Waals surface area contributed by atoms with Gasteiger partial charge >= 0.3 is 6.03 Å². The van der Waals surface area contributed by atoms with E-state index < -0.39 is 10.0 Å². The number of fused-ring (bicyclic) bond motifs is 1. The third kappa shape index (κ3) is 7.23. The van der Waals surface area contributed by atoms with Crippen LogP contribution in [0.5, 0.6) is 5.75 Å². The van der Waals surface area contributed by atoms with Gasteiger partial charge in [0.05, 0.1) is 23.5 Å². The van der Waals surface area contributed by atoms with Crippen molar-refractivity contribution in [1.82, 2.24) is 15.1 Å². The third-order valence-electron chi connectivity index (χ3n) is 5.89. The number of carbonyl (C=O) groups is 2. The number of sulfonamides is 1. The van der Waals surface area contributed by atoms with Crippen molar-refractivity contribution in [2.75, 3.05) is 50.9 Å². The van der Waals surface area contributed by atoms with Crippen LogP contribution in [0.4, 0.5) is 10.5 Å². The SMILES string of the molecule is CCCNC(=O)N1C[C@@H](C)[C@H](OC)CN(C)C(=O)c2cc(NS(=O)(=O)CC)ccc2OC[C@@H]1C. The molecule has 0 radical (unpaired) electrons. The molecule has 0 fully saturated rings. The minimum Gasteiger partial charge on any atom is -0.491 e. The van der Waals surface area contributed by atoms with Crippen LogP contribution in [-0.4, -0.2) is 88.5 Å². The predicted octanol–water partition coefficient (Wildman–Crippen LogP) is 2.37. The summed E-state index contributed by atoms with van der Waals surface area (Å²) >= 11 is 0. The van der Waals surface area contributed by atoms with Crippen LogP contribution in [0.1, 0.15) is 44.5 Å². The highest BCUT2D eigenvalue weighted by Gasteiger charge is 2.30. The van der Waals surface area contributed by atoms with E-state index >= 15 is 0 Å². The van der Waals surface area contributed by atoms with Crippen LogP contribution in [0.15, 0.2) is 18.2 Å². The Morgan fingerprint density at radius 1 is 1.24 bits per heavy atom. The number of nitrogens with one attached hydrogen (secondary N) is 2. The van der Waals surface area contributed by atoms with Gasteiger partial charge in [0.15, 0.2) is 0 Å². The number of benzene rings is 1. The summed E-state index contributed by atoms with van der Waals surface area (Å²) in [6.45, 7) is 8.86. The average molecular weight is 499 g/mol. The lowest BCUT2D eigenvalue weighted by Gasteiger charge is -2.36. The molecule has 1 aliphatic rings. The normalized spacial score (nSPS) is 22.2. The molecule has 0 bridgehead atoms. The summed E-state index contributed by atoms with van der Waals surface area (Å²) in [4.78, 5) is 29.5. The van der Waals surface area contributed by atoms with Crippen LogP contribution in [-0.2, 0) is 14.8 Å². The lowest BCUT2D eigenvalue weighted by molar-refractivity contribution is 0.0166. The Kier molecular flexibility index (Phi) is 9.99. The second-order valence-corrected chi connectivity index (χ2v) is 10.7. The van der Waals surface area contributed by atoms with Gasteiger partial charge in [0, 0.05) is 45.4 Å². The van der Waals surface area contributed by atoms with Gasteiger partial charge in [0.2, 0.25) is 10.0 Å². The summed E-state index contributed by atoms with van der Waals surface area (Å²) in [6.07, 6.45) is 0.513. The van der Waals surface area contributed by atoms with Crippen molar-refractivity contribution in [3.8, 4) is 5.75 Å². The smallest absolute Gasteiger partial charge is 0.317 e. The monoisotopic (exact) mass is 498 g/mol. The van der Waals surface area contributed by atoms with Crippen LogP contribution in [0.2, 0.25) is 0 Å². The van der Waals surface area contributed by atoms with Gasteiger partial charge in [-0.15, -0.1) is 0 Å². The van der Waals surface area contributed by atoms with Crippen molar-refractivity contribution in [3.63, 3.8) is 0 Å². The van der Waals surface area contributed by atoms with E-state index in [0.717, 1.165) is 6.42 Å². The summed E-state index contributed by atoms with van der Waals surface area (Å²) in [5, 5.41) is 2.93. The van der Waals surface area contributed by atoms with Gasteiger partial charge in [-0.05, 0) is 38.5 Å². The fraction of sp³-hybridized carbons (Fsp3) is 0.652. The number of nitrogens with zero attached hydrogens (tertiary/aromatic N) is 2. The first-order valence-electron chi connectivity index (χ1n) is 11.6. The van der Waals surface area contributed by atoms with Gasteiger partial charge in [-0.3, -0.25) is 9.52 Å². The number of rotatable bonds is 6. The van der Waals surface area contributed by atoms with Crippen molar-refractivity contribution in [1.29, 1.82) is 0 Å². The number of carbonyl (C=O) groups excluding carboxylic acids is 2. The Hall–Kier alpha value is -2.53. The number of amides is 3. The third-order valence-corrected chi connectivity index (χ3v) is 7.19. The minimum absolute atomic E-state index is 0.0586. The second-order valence-electron chi connectivity index (χ2n) is 8.70. The van der Waals surface area contributed by atoms with Crippen LogP contribution >= 0.6 is 0 Å². The van der Waals surface area contributed by atoms with Gasteiger partial charge in [-0.2, -0.15) is 0 Å². The molecule has 192 valence electrons. The molecule has 0 aromatic heterocycles. The van der Waals surface area contributed by atoms with Crippen molar-refractivity contribution in [2.45, 2.75) is 46.3 Å². The van der Waals surface area contributed by atoms with Gasteiger partial charge in [-0.25, -0.2) is 13.2 Å². The highest BCUT2D eigenvalue weighted by Crippen LogP contribution is 2.27. The van der Waals surface area contributed by atoms with E-state index in [1.807, 2.05) is 20.8 Å². The highest BCUT2D eigenvalue weighted by molar-refractivity contribution is 7.92. The van der Waals surface area contributed by atoms with Crippen LogP contribution in [0.25, 0.3) is 0 Å². The van der Waals surface area contributed by atoms with E-state index in [-0.39, 0.29) is 53.6 Å². The van der Waals surface area contributed by atoms with Crippen LogP contribution in [0, 0.1) is 5.92 Å². The number of methoxy groups -OCH3 is 1. The zero-order chi connectivity index (χ0) is 25.5. The van der Waals surface area contributed by atoms with E-state index in [4.69, 9.17) is 9.47 Å². The molecule has 0 saturated carbocycles. The molecular weight excluding hydrogens is 460 g/mol. The lowest BCUT2D eigenvalue weighted by Crippen LogP contribution is -2.51. The molecule has 0 spiro atoms. The van der Waals surface area contributed by atoms with Crippen LogP contribution in [0.3, 0.4) is 0 Å². The molecule has 3 atom stereocenters. The zero-order valence-electron chi connectivity index (χ0n) is 21.0. The number of hydrogen-bond donors (Lipinski definition) is 2. The molecule has 34 heavy (non-hydrogen) atoms. The molecule has 1 heterocycles. The molecule has 3 amide bonds. The summed E-state index contributed by atoms with van der Waals surface area (Å²) in [5.41, 5.74) is 0.513. The zero-order valence-corrected chi connectivity index (χ0v) is 21.8. The molecule has 11 heteroatoms. The fourth-order valence-electron chi connectivity index (χ4n) is 3.71. The van der Waals surface area contributed by atoms with Crippen molar-refractivity contribution in [3.05, 3.63) is 23.8 Å². The number of anilines is 1. The maximum absolute atomic E-state index is 13.3. The summed E-state index contributed by atoms with van der Waals surface area (Å²) in [6, 6.07) is 4.15. The highest BCUT2D eigenvalue weighted by atomic mass is 32.2. The van der Waals surface area contributed by atoms with E-state index in [2.05, 4.69) is 10.0 Å². The van der Waals surface area contributed by atoms with Gasteiger partial charge in [0.25, 0.3) is 5.91 Å². The minimum atomic E-state index is -3.51. The first kappa shape index (κ1) is 27.7. The lowest BCUT2D eigenvalue weighted by atomic mass is 10.0. The molecular formula is C23H38N4O6S. The largest absolute Gasteiger partial charge is 0.491 e.